The number of amides is 2. The van der Waals surface area contributed by atoms with Crippen LogP contribution < -0.4 is 15.4 Å². The monoisotopic (exact) mass is 378 g/mol. The summed E-state index contributed by atoms with van der Waals surface area (Å²) in [4.78, 5) is 24.7. The highest BCUT2D eigenvalue weighted by Gasteiger charge is 2.13. The van der Waals surface area contributed by atoms with E-state index in [4.69, 9.17) is 9.15 Å². The lowest BCUT2D eigenvalue weighted by Crippen LogP contribution is -2.26. The first-order valence-corrected chi connectivity index (χ1v) is 9.07. The van der Waals surface area contributed by atoms with Gasteiger partial charge in [0.15, 0.2) is 6.61 Å². The predicted octanol–water partition coefficient (Wildman–Crippen LogP) is 3.79. The van der Waals surface area contributed by atoms with E-state index >= 15 is 0 Å². The molecule has 28 heavy (non-hydrogen) atoms. The Morgan fingerprint density at radius 2 is 1.89 bits per heavy atom. The molecule has 2 amide bonds. The second-order valence-electron chi connectivity index (χ2n) is 6.15. The fraction of sp³-hybridized carbons (Fsp3) is 0.182. The molecule has 0 aliphatic rings. The zero-order valence-electron chi connectivity index (χ0n) is 15.6. The number of hydrogen-bond donors (Lipinski definition) is 2. The molecule has 1 heterocycles. The van der Waals surface area contributed by atoms with Crippen LogP contribution in [0.5, 0.6) is 5.75 Å². The molecule has 3 rings (SSSR count). The van der Waals surface area contributed by atoms with Crippen molar-refractivity contribution >= 4 is 17.5 Å². The van der Waals surface area contributed by atoms with Gasteiger partial charge in [-0.3, -0.25) is 9.59 Å². The summed E-state index contributed by atoms with van der Waals surface area (Å²) in [5.74, 6) is 0.647. The molecule has 0 unspecified atom stereocenters. The Labute approximate surface area is 163 Å². The lowest BCUT2D eigenvalue weighted by Gasteiger charge is -2.12. The van der Waals surface area contributed by atoms with Crippen molar-refractivity contribution in [3.05, 3.63) is 83.8 Å². The standard InChI is InChI=1S/C22H22N2O4/c1-2-16-7-5-8-17(13-16)28-15-21(25)24-20-11-4-3-10-19(20)22(26)23-14-18-9-6-12-27-18/h3-13H,2,14-15H2,1H3,(H,23,26)(H,24,25). The number of benzene rings is 2. The summed E-state index contributed by atoms with van der Waals surface area (Å²) in [5.41, 5.74) is 1.93. The molecule has 2 N–H and O–H groups in total. The van der Waals surface area contributed by atoms with Crippen LogP contribution in [0.4, 0.5) is 5.69 Å². The third kappa shape index (κ3) is 5.23. The molecule has 0 fully saturated rings. The number of para-hydroxylation sites is 1. The average molecular weight is 378 g/mol. The lowest BCUT2D eigenvalue weighted by atomic mass is 10.1. The van der Waals surface area contributed by atoms with E-state index in [-0.39, 0.29) is 25.0 Å². The van der Waals surface area contributed by atoms with Gasteiger partial charge in [0.05, 0.1) is 24.1 Å². The third-order valence-electron chi connectivity index (χ3n) is 4.13. The Hall–Kier alpha value is -3.54. The van der Waals surface area contributed by atoms with Crippen molar-refractivity contribution in [3.8, 4) is 5.75 Å². The number of aryl methyl sites for hydroxylation is 1. The van der Waals surface area contributed by atoms with Gasteiger partial charge in [-0.15, -0.1) is 0 Å². The van der Waals surface area contributed by atoms with Gasteiger partial charge >= 0.3 is 0 Å². The zero-order valence-corrected chi connectivity index (χ0v) is 15.6. The first kappa shape index (κ1) is 19.2. The number of hydrogen-bond acceptors (Lipinski definition) is 4. The van der Waals surface area contributed by atoms with E-state index < -0.39 is 0 Å². The van der Waals surface area contributed by atoms with Gasteiger partial charge in [-0.25, -0.2) is 0 Å². The maximum atomic E-state index is 12.5. The van der Waals surface area contributed by atoms with E-state index in [1.165, 1.54) is 0 Å². The highest BCUT2D eigenvalue weighted by Crippen LogP contribution is 2.16. The molecular formula is C22H22N2O4. The Balaban J connectivity index is 1.58. The predicted molar refractivity (Wildman–Crippen MR) is 106 cm³/mol. The molecule has 0 aliphatic heterocycles. The number of anilines is 1. The summed E-state index contributed by atoms with van der Waals surface area (Å²) in [6.45, 7) is 2.18. The maximum Gasteiger partial charge on any atom is 0.262 e. The Morgan fingerprint density at radius 1 is 1.04 bits per heavy atom. The van der Waals surface area contributed by atoms with Crippen molar-refractivity contribution in [3.63, 3.8) is 0 Å². The van der Waals surface area contributed by atoms with E-state index in [1.807, 2.05) is 24.3 Å². The minimum absolute atomic E-state index is 0.143. The van der Waals surface area contributed by atoms with Crippen LogP contribution in [0.15, 0.2) is 71.3 Å². The van der Waals surface area contributed by atoms with Crippen molar-refractivity contribution in [1.82, 2.24) is 5.32 Å². The van der Waals surface area contributed by atoms with E-state index in [1.54, 1.807) is 42.7 Å². The van der Waals surface area contributed by atoms with Crippen molar-refractivity contribution < 1.29 is 18.7 Å². The number of carbonyl (C=O) groups is 2. The average Bonchev–Trinajstić information content (AvgIpc) is 3.25. The maximum absolute atomic E-state index is 12.5. The number of carbonyl (C=O) groups excluding carboxylic acids is 2. The summed E-state index contributed by atoms with van der Waals surface area (Å²) in [7, 11) is 0. The smallest absolute Gasteiger partial charge is 0.262 e. The molecule has 0 atom stereocenters. The minimum atomic E-state index is -0.340. The molecule has 0 bridgehead atoms. The molecule has 1 aromatic heterocycles. The summed E-state index contributed by atoms with van der Waals surface area (Å²) >= 11 is 0. The quantitative estimate of drug-likeness (QED) is 0.625. The van der Waals surface area contributed by atoms with Crippen LogP contribution in [0.3, 0.4) is 0 Å². The molecule has 0 spiro atoms. The largest absolute Gasteiger partial charge is 0.484 e. The molecule has 0 saturated heterocycles. The van der Waals surface area contributed by atoms with E-state index in [9.17, 15) is 9.59 Å². The van der Waals surface area contributed by atoms with Gasteiger partial charge in [0.1, 0.15) is 11.5 Å². The van der Waals surface area contributed by atoms with Gasteiger partial charge in [-0.2, -0.15) is 0 Å². The highest BCUT2D eigenvalue weighted by atomic mass is 16.5. The molecule has 6 heteroatoms. The van der Waals surface area contributed by atoms with Crippen LogP contribution in [-0.2, 0) is 17.8 Å². The Bertz CT molecular complexity index is 935. The number of ether oxygens (including phenoxy) is 1. The lowest BCUT2D eigenvalue weighted by molar-refractivity contribution is -0.118. The molecule has 0 aliphatic carbocycles. The van der Waals surface area contributed by atoms with Gasteiger partial charge in [0, 0.05) is 0 Å². The molecule has 2 aromatic carbocycles. The van der Waals surface area contributed by atoms with Crippen LogP contribution in [0.2, 0.25) is 0 Å². The summed E-state index contributed by atoms with van der Waals surface area (Å²) in [6.07, 6.45) is 2.44. The van der Waals surface area contributed by atoms with Gasteiger partial charge in [-0.1, -0.05) is 31.2 Å². The summed E-state index contributed by atoms with van der Waals surface area (Å²) in [6, 6.07) is 18.0. The van der Waals surface area contributed by atoms with Crippen LogP contribution in [0, 0.1) is 0 Å². The molecule has 0 radical (unpaired) electrons. The molecular weight excluding hydrogens is 356 g/mol. The van der Waals surface area contributed by atoms with Gasteiger partial charge < -0.3 is 19.8 Å². The second-order valence-corrected chi connectivity index (χ2v) is 6.15. The fourth-order valence-electron chi connectivity index (χ4n) is 2.66. The van der Waals surface area contributed by atoms with Gasteiger partial charge in [0.25, 0.3) is 11.8 Å². The van der Waals surface area contributed by atoms with Crippen LogP contribution in [0.1, 0.15) is 28.6 Å². The van der Waals surface area contributed by atoms with Gasteiger partial charge in [0.2, 0.25) is 0 Å². The fourth-order valence-corrected chi connectivity index (χ4v) is 2.66. The first-order chi connectivity index (χ1) is 13.7. The van der Waals surface area contributed by atoms with Crippen molar-refractivity contribution in [2.45, 2.75) is 19.9 Å². The normalized spacial score (nSPS) is 10.3. The first-order valence-electron chi connectivity index (χ1n) is 9.07. The van der Waals surface area contributed by atoms with E-state index in [0.717, 1.165) is 12.0 Å². The topological polar surface area (TPSA) is 80.6 Å². The van der Waals surface area contributed by atoms with Crippen LogP contribution in [-0.4, -0.2) is 18.4 Å². The second kappa shape index (κ2) is 9.41. The highest BCUT2D eigenvalue weighted by molar-refractivity contribution is 6.03. The number of furan rings is 1. The van der Waals surface area contributed by atoms with Crippen molar-refractivity contribution in [2.24, 2.45) is 0 Å². The zero-order chi connectivity index (χ0) is 19.8. The number of nitrogens with one attached hydrogen (secondary N) is 2. The number of rotatable bonds is 8. The van der Waals surface area contributed by atoms with Crippen LogP contribution >= 0.6 is 0 Å². The van der Waals surface area contributed by atoms with Gasteiger partial charge in [-0.05, 0) is 48.4 Å². The summed E-state index contributed by atoms with van der Waals surface area (Å²) in [5, 5.41) is 5.51. The van der Waals surface area contributed by atoms with Crippen molar-refractivity contribution in [2.75, 3.05) is 11.9 Å². The molecule has 144 valence electrons. The van der Waals surface area contributed by atoms with E-state index in [2.05, 4.69) is 17.6 Å². The minimum Gasteiger partial charge on any atom is -0.484 e. The van der Waals surface area contributed by atoms with E-state index in [0.29, 0.717) is 22.8 Å². The van der Waals surface area contributed by atoms with Crippen molar-refractivity contribution in [1.29, 1.82) is 0 Å². The Kier molecular flexibility index (Phi) is 6.46. The SMILES string of the molecule is CCc1cccc(OCC(=O)Nc2ccccc2C(=O)NCc2ccco2)c1. The third-order valence-corrected chi connectivity index (χ3v) is 4.13. The molecule has 6 nitrogen and oxygen atoms in total. The molecule has 0 saturated carbocycles. The summed E-state index contributed by atoms with van der Waals surface area (Å²) < 4.78 is 10.8. The molecule has 3 aromatic rings. The van der Waals surface area contributed by atoms with Crippen LogP contribution in [0.25, 0.3) is 0 Å². The Morgan fingerprint density at radius 3 is 2.68 bits per heavy atom.